The second kappa shape index (κ2) is 47.5. The third-order valence-corrected chi connectivity index (χ3v) is 66.3. The summed E-state index contributed by atoms with van der Waals surface area (Å²) in [5, 5.41) is 92.2. The first-order chi connectivity index (χ1) is 64.8. The van der Waals surface area contributed by atoms with Gasteiger partial charge in [-0.1, -0.05) is 163 Å². The first kappa shape index (κ1) is 125. The van der Waals surface area contributed by atoms with Crippen LogP contribution in [0.3, 0.4) is 0 Å². The van der Waals surface area contributed by atoms with Crippen LogP contribution in [0.2, 0.25) is 127 Å². The molecule has 35 atom stereocenters. The van der Waals surface area contributed by atoms with Gasteiger partial charge in [-0.05, 0) is 146 Å². The highest BCUT2D eigenvalue weighted by Gasteiger charge is 2.64. The van der Waals surface area contributed by atoms with Crippen molar-refractivity contribution in [3.8, 4) is 0 Å². The fourth-order valence-electron chi connectivity index (χ4n) is 16.3. The number of hydrogen-bond donors (Lipinski definition) is 7. The van der Waals surface area contributed by atoms with Gasteiger partial charge in [0.05, 0.1) is 51.1 Å². The SMILES string of the molecule is CO[C@@H]1[C@H]2O[C@H]3[C@H](O)[C@@H](OS(=O)(=O)c4ccc(C)cc4)[C@@H](O[C@H]4[C@H](O)[C@@H](OC)[C@@H](O[C@H]5[C@H](O)[C@@H](OC)[C@@H](O[C@H]6[C@H](O)[C@@H](OC)[C@@H](O[C@H]7[C@H](O)[C@@H](OC)[C@@H](O[C@H]8[C@@H](O)[C@H](OC)[C@@H](O[C@@H]([C@@H]1O)[C@@H](CO[Si](C)(C)C(C)(C)C)O2)O[C@@H]8CO[Si](C)(C)C(C)(C)C)O[C@H]7CO[Si](C)(C)C(C)(C)C)O[C@H]6CO[Si](C)(C)C(C)(C)C)O[C@H]5CO[Si](C)(C)C(C)(C)C)O[C@H]4CO[Si](C)(C)C(C)(C)C)O[C@@H]3CO[Si](C)(C)C(C)(C)C. The van der Waals surface area contributed by atoms with E-state index < -0.39 is 308 Å². The van der Waals surface area contributed by atoms with Crippen LogP contribution in [-0.4, -0.2) is 406 Å². The van der Waals surface area contributed by atoms with Crippen LogP contribution in [0, 0.1) is 6.92 Å². The van der Waals surface area contributed by atoms with Crippen molar-refractivity contribution in [2.45, 2.75) is 499 Å². The van der Waals surface area contributed by atoms with E-state index in [-0.39, 0.29) is 61.2 Å². The first-order valence-electron chi connectivity index (χ1n) is 50.4. The van der Waals surface area contributed by atoms with Crippen molar-refractivity contribution in [3.05, 3.63) is 29.8 Å². The van der Waals surface area contributed by atoms with Crippen LogP contribution in [0.5, 0.6) is 0 Å². The highest BCUT2D eigenvalue weighted by molar-refractivity contribution is 7.86. The molecule has 7 N–H and O–H groups in total. The second-order valence-corrected chi connectivity index (χ2v) is 85.7. The summed E-state index contributed by atoms with van der Waals surface area (Å²) in [4.78, 5) is -0.324. The quantitative estimate of drug-likeness (QED) is 0.0278. The maximum atomic E-state index is 15.4. The summed E-state index contributed by atoms with van der Waals surface area (Å²) in [6.07, 6.45) is -56.8. The lowest BCUT2D eigenvalue weighted by atomic mass is 9.95. The topological polar surface area (TPSA) is 434 Å². The van der Waals surface area contributed by atoms with Gasteiger partial charge >= 0.3 is 0 Å². The molecule has 45 heteroatoms. The molecule has 15 fully saturated rings. The van der Waals surface area contributed by atoms with Crippen molar-refractivity contribution in [3.63, 3.8) is 0 Å². The number of aliphatic hydroxyl groups excluding tert-OH is 7. The molecule has 1 aromatic carbocycles. The minimum Gasteiger partial charge on any atom is -0.414 e. The van der Waals surface area contributed by atoms with Gasteiger partial charge in [-0.15, -0.1) is 0 Å². The molecule has 15 saturated heterocycles. The summed E-state index contributed by atoms with van der Waals surface area (Å²) < 4.78 is 225. The van der Waals surface area contributed by atoms with E-state index in [0.717, 1.165) is 0 Å². The lowest BCUT2D eigenvalue weighted by Gasteiger charge is -2.52. The molecule has 14 bridgehead atoms. The molecular formula is C97H186O37SSi7. The fourth-order valence-corrected chi connectivity index (χ4v) is 24.5. The molecule has 0 aliphatic carbocycles. The second-order valence-electron chi connectivity index (χ2n) is 50.5. The molecule has 0 aromatic heterocycles. The smallest absolute Gasteiger partial charge is 0.297 e. The zero-order valence-corrected chi connectivity index (χ0v) is 101. The normalized spacial score (nSPS) is 37.4. The van der Waals surface area contributed by atoms with Crippen LogP contribution < -0.4 is 0 Å². The number of fused-ring (bicyclic) bond motifs is 7. The summed E-state index contributed by atoms with van der Waals surface area (Å²) in [5.74, 6) is 0. The number of methoxy groups -OCH3 is 6. The van der Waals surface area contributed by atoms with E-state index in [9.17, 15) is 35.7 Å². The molecule has 0 spiro atoms. The van der Waals surface area contributed by atoms with Crippen LogP contribution in [-0.2, 0) is 140 Å². The number of ether oxygens (including phenoxy) is 20. The Hall–Kier alpha value is -0.712. The van der Waals surface area contributed by atoms with Gasteiger partial charge in [0, 0.05) is 42.7 Å². The molecule has 15 heterocycles. The molecule has 16 rings (SSSR count). The van der Waals surface area contributed by atoms with Crippen molar-refractivity contribution in [1.82, 2.24) is 0 Å². The van der Waals surface area contributed by atoms with E-state index in [0.29, 0.717) is 5.56 Å². The highest BCUT2D eigenvalue weighted by Crippen LogP contribution is 2.50. The molecule has 37 nitrogen and oxygen atoms in total. The summed E-state index contributed by atoms with van der Waals surface area (Å²) >= 11 is 0. The van der Waals surface area contributed by atoms with E-state index in [4.69, 9.17) is 130 Å². The Balaban J connectivity index is 1.31. The largest absolute Gasteiger partial charge is 0.414 e. The van der Waals surface area contributed by atoms with E-state index in [2.05, 4.69) is 130 Å². The summed E-state index contributed by atoms with van der Waals surface area (Å²) in [6, 6.07) is 5.84. The minimum atomic E-state index is -5.01. The van der Waals surface area contributed by atoms with Crippen LogP contribution in [0.4, 0.5) is 0 Å². The maximum absolute atomic E-state index is 15.4. The van der Waals surface area contributed by atoms with E-state index >= 15 is 8.42 Å². The summed E-state index contributed by atoms with van der Waals surface area (Å²) in [5.41, 5.74) is 0.713. The van der Waals surface area contributed by atoms with Crippen molar-refractivity contribution < 1.29 is 174 Å². The minimum absolute atomic E-state index is 0.231. The zero-order valence-electron chi connectivity index (χ0n) is 93.3. The number of benzene rings is 1. The Bertz CT molecular complexity index is 4130. The number of aliphatic hydroxyl groups is 7. The average molecular weight is 2170 g/mol. The van der Waals surface area contributed by atoms with Crippen molar-refractivity contribution >= 4 is 68.3 Å². The Labute approximate surface area is 855 Å². The predicted molar refractivity (Wildman–Crippen MR) is 547 cm³/mol. The van der Waals surface area contributed by atoms with Gasteiger partial charge in [0.1, 0.15) is 165 Å². The van der Waals surface area contributed by atoms with Crippen molar-refractivity contribution in [2.24, 2.45) is 0 Å². The van der Waals surface area contributed by atoms with Gasteiger partial charge in [0.2, 0.25) is 0 Å². The number of hydrogen-bond acceptors (Lipinski definition) is 37. The van der Waals surface area contributed by atoms with Gasteiger partial charge in [-0.2, -0.15) is 8.42 Å². The van der Waals surface area contributed by atoms with Gasteiger partial charge < -0.3 is 161 Å². The summed E-state index contributed by atoms with van der Waals surface area (Å²) in [7, 11) is -16.8. The van der Waals surface area contributed by atoms with Gasteiger partial charge in [0.15, 0.2) is 108 Å². The Morgan fingerprint density at radius 3 is 0.507 bits per heavy atom. The fraction of sp³-hybridized carbons (Fsp3) is 0.938. The van der Waals surface area contributed by atoms with Crippen LogP contribution in [0.15, 0.2) is 29.2 Å². The first-order valence-corrected chi connectivity index (χ1v) is 72.2. The lowest BCUT2D eigenvalue weighted by Crippen LogP contribution is -2.69. The monoisotopic (exact) mass is 2170 g/mol. The van der Waals surface area contributed by atoms with Crippen LogP contribution in [0.1, 0.15) is 151 Å². The molecule has 0 unspecified atom stereocenters. The number of aryl methyl sites for hydroxylation is 1. The molecule has 0 radical (unpaired) electrons. The Morgan fingerprint density at radius 1 is 0.239 bits per heavy atom. The molecule has 0 saturated carbocycles. The van der Waals surface area contributed by atoms with Gasteiger partial charge in [-0.3, -0.25) is 4.18 Å². The zero-order chi connectivity index (χ0) is 107. The molecule has 15 aliphatic rings. The predicted octanol–water partition coefficient (Wildman–Crippen LogP) is 11.6. The van der Waals surface area contributed by atoms with Crippen LogP contribution >= 0.6 is 0 Å². The highest BCUT2D eigenvalue weighted by atomic mass is 32.2. The van der Waals surface area contributed by atoms with Crippen molar-refractivity contribution in [1.29, 1.82) is 0 Å². The molecule has 1 aromatic rings. The van der Waals surface area contributed by atoms with Gasteiger partial charge in [0.25, 0.3) is 10.1 Å². The molecule has 830 valence electrons. The van der Waals surface area contributed by atoms with Gasteiger partial charge in [-0.25, -0.2) is 0 Å². The third-order valence-electron chi connectivity index (χ3n) is 33.4. The Kier molecular flexibility index (Phi) is 41.8. The van der Waals surface area contributed by atoms with E-state index in [1.54, 1.807) is 19.1 Å². The molecular weight excluding hydrogens is 1990 g/mol. The third kappa shape index (κ3) is 28.6. The summed E-state index contributed by atoms with van der Waals surface area (Å²) in [6.45, 7) is 71.5. The molecule has 0 amide bonds. The lowest BCUT2D eigenvalue weighted by molar-refractivity contribution is -0.399. The average Bonchev–Trinajstić information content (AvgIpc) is 0.769. The van der Waals surface area contributed by atoms with E-state index in [1.165, 1.54) is 54.8 Å². The van der Waals surface area contributed by atoms with E-state index in [1.807, 2.05) is 107 Å². The Morgan fingerprint density at radius 2 is 0.373 bits per heavy atom. The molecule has 15 aliphatic heterocycles. The van der Waals surface area contributed by atoms with Crippen molar-refractivity contribution in [2.75, 3.05) is 88.9 Å². The number of rotatable bonds is 30. The standard InChI is InChI=1S/C97H186O37SSi7/c1-54-43-45-55(46-44-54)135(105,106)134-83-69(104)76-62(53-119-142(41,42)97(20,21)22)126-90(83)133-75-61(52-118-141(39,40)96(17,18)19)125-88(82(112-28)68(75)103)131-73-59(50-116-139(35,36)94(11,12)13)123-86(80(110-26)66(73)101)129-71-57(48-114-137(31,32)92(5,6)7)121-84(78(108-24)64(71)99)127-70-56(47-113-136(29,30)91(2,3)4)120-85(77(107-23)63(70)98)128-72-58(49-115-138(33,34)93(8,9)10)122-87(79(109-25)65(72)100)130-74-60(51-117-140(37,38)95(14,15)16)124-89(132-76)81(111-27)67(74)102/h43-46,56-90,98-104H,47-53H2,1-42H3/t56-,57-,58+,59-,60+,61-,62+,63-,64-,65+,66-,67-,68-,69-,70+,71+,72+,73+,74+,75+,76+,77+,78+,79-,80+,81-,82+,83+,84+,85+,86+,87+,88+,89+,90+/m0/s1. The maximum Gasteiger partial charge on any atom is 0.297 e. The van der Waals surface area contributed by atoms with Crippen LogP contribution in [0.25, 0.3) is 0 Å². The molecule has 142 heavy (non-hydrogen) atoms.